The quantitative estimate of drug-likeness (QED) is 0.695. The summed E-state index contributed by atoms with van der Waals surface area (Å²) in [5.41, 5.74) is 1.04. The zero-order valence-electron chi connectivity index (χ0n) is 18.4. The molecular formula is C24H27N3O5S. The number of amides is 3. The molecule has 0 aliphatic carbocycles. The number of hydrogen-bond acceptors (Lipinski definition) is 5. The van der Waals surface area contributed by atoms with Gasteiger partial charge in [0, 0.05) is 23.6 Å². The Balaban J connectivity index is 1.48. The molecule has 33 heavy (non-hydrogen) atoms. The zero-order chi connectivity index (χ0) is 23.6. The SMILES string of the molecule is CC1(O)CCS(=O)(=NC(=O)CNC(=O)C2c3ccccc3C(=O)N2Cc2ccccc2)CC1. The number of hydrogen-bond donors (Lipinski definition) is 2. The number of nitrogens with one attached hydrogen (secondary N) is 1. The van der Waals surface area contributed by atoms with Crippen LogP contribution in [0.3, 0.4) is 0 Å². The minimum Gasteiger partial charge on any atom is -0.390 e. The van der Waals surface area contributed by atoms with Crippen molar-refractivity contribution < 1.29 is 23.7 Å². The van der Waals surface area contributed by atoms with Crippen molar-refractivity contribution in [3.8, 4) is 0 Å². The molecule has 1 saturated heterocycles. The third-order valence-corrected chi connectivity index (χ3v) is 8.32. The summed E-state index contributed by atoms with van der Waals surface area (Å²) >= 11 is 0. The van der Waals surface area contributed by atoms with Crippen molar-refractivity contribution >= 4 is 27.5 Å². The second-order valence-electron chi connectivity index (χ2n) is 8.79. The lowest BCUT2D eigenvalue weighted by molar-refractivity contribution is -0.128. The van der Waals surface area contributed by atoms with Gasteiger partial charge < -0.3 is 15.3 Å². The molecule has 8 nitrogen and oxygen atoms in total. The molecule has 2 heterocycles. The van der Waals surface area contributed by atoms with E-state index in [-0.39, 0.29) is 24.0 Å². The average Bonchev–Trinajstić information content (AvgIpc) is 3.07. The second kappa shape index (κ2) is 9.07. The Labute approximate surface area is 193 Å². The molecule has 2 N–H and O–H groups in total. The van der Waals surface area contributed by atoms with Crippen molar-refractivity contribution in [3.63, 3.8) is 0 Å². The van der Waals surface area contributed by atoms with Crippen LogP contribution in [0, 0.1) is 0 Å². The lowest BCUT2D eigenvalue weighted by atomic mass is 10.0. The van der Waals surface area contributed by atoms with Crippen molar-refractivity contribution in [3.05, 3.63) is 71.3 Å². The molecule has 3 amide bonds. The molecule has 0 bridgehead atoms. The van der Waals surface area contributed by atoms with Crippen LogP contribution in [-0.2, 0) is 25.9 Å². The van der Waals surface area contributed by atoms with Gasteiger partial charge in [0.15, 0.2) is 0 Å². The molecule has 0 radical (unpaired) electrons. The number of aliphatic hydroxyl groups is 1. The minimum absolute atomic E-state index is 0.148. The standard InChI is InChI=1S/C24H27N3O5S/c1-24(31)11-13-33(32,14-12-24)26-20(28)15-25-22(29)21-18-9-5-6-10-19(18)23(30)27(21)16-17-7-3-2-4-8-17/h2-10,21,31H,11-16H2,1H3,(H,25,29). The van der Waals surface area contributed by atoms with E-state index < -0.39 is 39.7 Å². The number of benzene rings is 2. The smallest absolute Gasteiger partial charge is 0.273 e. The van der Waals surface area contributed by atoms with Gasteiger partial charge in [-0.25, -0.2) is 4.21 Å². The Morgan fingerprint density at radius 2 is 1.76 bits per heavy atom. The first-order chi connectivity index (χ1) is 15.7. The maximum Gasteiger partial charge on any atom is 0.273 e. The second-order valence-corrected chi connectivity index (χ2v) is 11.3. The normalized spacial score (nSPS) is 26.5. The van der Waals surface area contributed by atoms with Crippen molar-refractivity contribution in [1.29, 1.82) is 0 Å². The largest absolute Gasteiger partial charge is 0.390 e. The van der Waals surface area contributed by atoms with Gasteiger partial charge in [0.2, 0.25) is 5.91 Å². The summed E-state index contributed by atoms with van der Waals surface area (Å²) in [6, 6.07) is 15.4. The lowest BCUT2D eigenvalue weighted by Crippen LogP contribution is -2.41. The Morgan fingerprint density at radius 3 is 2.45 bits per heavy atom. The molecule has 2 aromatic carbocycles. The van der Waals surface area contributed by atoms with Gasteiger partial charge in [-0.1, -0.05) is 48.5 Å². The van der Waals surface area contributed by atoms with E-state index in [1.165, 1.54) is 4.90 Å². The van der Waals surface area contributed by atoms with Crippen LogP contribution < -0.4 is 5.32 Å². The monoisotopic (exact) mass is 469 g/mol. The number of carbonyl (C=O) groups is 3. The van der Waals surface area contributed by atoms with E-state index in [2.05, 4.69) is 9.68 Å². The summed E-state index contributed by atoms with van der Waals surface area (Å²) < 4.78 is 16.7. The summed E-state index contributed by atoms with van der Waals surface area (Å²) in [5, 5.41) is 12.6. The third kappa shape index (κ3) is 5.15. The fraction of sp³-hybridized carbons (Fsp3) is 0.375. The Kier molecular flexibility index (Phi) is 6.36. The molecular weight excluding hydrogens is 442 g/mol. The Morgan fingerprint density at radius 1 is 1.12 bits per heavy atom. The van der Waals surface area contributed by atoms with Gasteiger partial charge in [0.05, 0.1) is 21.9 Å². The molecule has 2 aromatic rings. The van der Waals surface area contributed by atoms with Crippen LogP contribution >= 0.6 is 0 Å². The van der Waals surface area contributed by atoms with Crippen molar-refractivity contribution in [2.24, 2.45) is 4.36 Å². The Hall–Kier alpha value is -3.04. The molecule has 4 rings (SSSR count). The van der Waals surface area contributed by atoms with Gasteiger partial charge in [-0.3, -0.25) is 14.4 Å². The van der Waals surface area contributed by atoms with E-state index in [4.69, 9.17) is 0 Å². The predicted octanol–water partition coefficient (Wildman–Crippen LogP) is 2.04. The highest BCUT2D eigenvalue weighted by atomic mass is 32.2. The van der Waals surface area contributed by atoms with Crippen LogP contribution in [-0.4, -0.2) is 55.6 Å². The van der Waals surface area contributed by atoms with E-state index in [9.17, 15) is 23.7 Å². The third-order valence-electron chi connectivity index (χ3n) is 6.10. The highest BCUT2D eigenvalue weighted by Gasteiger charge is 2.41. The molecule has 0 spiro atoms. The zero-order valence-corrected chi connectivity index (χ0v) is 19.2. The summed E-state index contributed by atoms with van der Waals surface area (Å²) in [6.07, 6.45) is 0.620. The van der Waals surface area contributed by atoms with Crippen LogP contribution in [0.1, 0.15) is 47.3 Å². The van der Waals surface area contributed by atoms with Gasteiger partial charge >= 0.3 is 0 Å². The van der Waals surface area contributed by atoms with Crippen molar-refractivity contribution in [2.75, 3.05) is 18.1 Å². The first-order valence-corrected chi connectivity index (χ1v) is 12.7. The molecule has 0 saturated carbocycles. The van der Waals surface area contributed by atoms with Crippen LogP contribution in [0.25, 0.3) is 0 Å². The molecule has 0 aromatic heterocycles. The van der Waals surface area contributed by atoms with Gasteiger partial charge in [-0.15, -0.1) is 0 Å². The highest BCUT2D eigenvalue weighted by molar-refractivity contribution is 7.93. The fourth-order valence-electron chi connectivity index (χ4n) is 4.15. The summed E-state index contributed by atoms with van der Waals surface area (Å²) in [5.74, 6) is -1.12. The van der Waals surface area contributed by atoms with Crippen LogP contribution in [0.5, 0.6) is 0 Å². The van der Waals surface area contributed by atoms with E-state index >= 15 is 0 Å². The summed E-state index contributed by atoms with van der Waals surface area (Å²) in [4.78, 5) is 40.0. The molecule has 1 atom stereocenters. The first kappa shape index (κ1) is 23.1. The molecule has 9 heteroatoms. The first-order valence-electron chi connectivity index (χ1n) is 10.9. The number of nitrogens with zero attached hydrogens (tertiary/aromatic N) is 2. The van der Waals surface area contributed by atoms with E-state index in [0.29, 0.717) is 24.0 Å². The maximum absolute atomic E-state index is 13.1. The Bertz CT molecular complexity index is 1190. The van der Waals surface area contributed by atoms with Crippen molar-refractivity contribution in [2.45, 2.75) is 38.0 Å². The number of fused-ring (bicyclic) bond motifs is 1. The van der Waals surface area contributed by atoms with Gasteiger partial charge in [0.25, 0.3) is 11.8 Å². The molecule has 2 aliphatic rings. The molecule has 2 aliphatic heterocycles. The number of carbonyl (C=O) groups excluding carboxylic acids is 3. The molecule has 174 valence electrons. The van der Waals surface area contributed by atoms with Crippen LogP contribution in [0.2, 0.25) is 0 Å². The summed E-state index contributed by atoms with van der Waals surface area (Å²) in [7, 11) is -2.74. The predicted molar refractivity (Wildman–Crippen MR) is 124 cm³/mol. The maximum atomic E-state index is 13.1. The highest BCUT2D eigenvalue weighted by Crippen LogP contribution is 2.35. The van der Waals surface area contributed by atoms with Gasteiger partial charge in [0.1, 0.15) is 6.04 Å². The van der Waals surface area contributed by atoms with Crippen LogP contribution in [0.4, 0.5) is 0 Å². The minimum atomic E-state index is -2.74. The van der Waals surface area contributed by atoms with E-state index in [1.807, 2.05) is 30.3 Å². The van der Waals surface area contributed by atoms with Crippen molar-refractivity contribution in [1.82, 2.24) is 10.2 Å². The van der Waals surface area contributed by atoms with Gasteiger partial charge in [-0.05, 0) is 37.0 Å². The van der Waals surface area contributed by atoms with E-state index in [0.717, 1.165) is 5.56 Å². The van der Waals surface area contributed by atoms with Crippen LogP contribution in [0.15, 0.2) is 59.0 Å². The lowest BCUT2D eigenvalue weighted by Gasteiger charge is -2.29. The fourth-order valence-corrected chi connectivity index (χ4v) is 6.49. The van der Waals surface area contributed by atoms with Gasteiger partial charge in [-0.2, -0.15) is 4.36 Å². The molecule has 1 fully saturated rings. The summed E-state index contributed by atoms with van der Waals surface area (Å²) in [6.45, 7) is 1.52. The van der Waals surface area contributed by atoms with E-state index in [1.54, 1.807) is 31.2 Å². The number of rotatable bonds is 5. The topological polar surface area (TPSA) is 116 Å². The average molecular weight is 470 g/mol. The molecule has 1 unspecified atom stereocenters.